The Kier molecular flexibility index (Phi) is 5.77. The molecule has 1 aromatic carbocycles. The van der Waals surface area contributed by atoms with Crippen molar-refractivity contribution in [1.29, 1.82) is 0 Å². The van der Waals surface area contributed by atoms with E-state index in [-0.39, 0.29) is 23.1 Å². The second kappa shape index (κ2) is 7.59. The van der Waals surface area contributed by atoms with Crippen LogP contribution < -0.4 is 0 Å². The Morgan fingerprint density at radius 2 is 1.78 bits per heavy atom. The van der Waals surface area contributed by atoms with E-state index in [0.29, 0.717) is 6.42 Å². The van der Waals surface area contributed by atoms with E-state index in [1.54, 1.807) is 18.2 Å². The zero-order chi connectivity index (χ0) is 16.9. The molecule has 4 N–H and O–H groups in total. The van der Waals surface area contributed by atoms with Crippen LogP contribution in [0.15, 0.2) is 53.0 Å². The third-order valence-electron chi connectivity index (χ3n) is 3.59. The molecule has 1 aliphatic rings. The molecular weight excluding hydrogens is 317 g/mol. The van der Waals surface area contributed by atoms with Crippen molar-refractivity contribution in [3.63, 3.8) is 0 Å². The highest BCUT2D eigenvalue weighted by molar-refractivity contribution is 7.50. The standard InChI is InChI=1S/C16H20NO5P/c18-14-8-5-12(6-9-14)3-1-2-4-13-7-10-15(19)11-16(13)17-23(20,21)22/h5-11,13,18-19H,1-4H2,(H2,20,21,22). The monoisotopic (exact) mass is 337 g/mol. The van der Waals surface area contributed by atoms with E-state index in [0.717, 1.165) is 24.8 Å². The summed E-state index contributed by atoms with van der Waals surface area (Å²) in [5, 5.41) is 18.7. The van der Waals surface area contributed by atoms with Gasteiger partial charge in [0, 0.05) is 12.0 Å². The van der Waals surface area contributed by atoms with Crippen LogP contribution in [0.3, 0.4) is 0 Å². The number of unbranched alkanes of at least 4 members (excludes halogenated alkanes) is 1. The largest absolute Gasteiger partial charge is 0.508 e. The minimum atomic E-state index is -4.51. The number of nitrogens with zero attached hydrogens (tertiary/aromatic N) is 1. The molecule has 0 saturated carbocycles. The molecule has 0 fully saturated rings. The van der Waals surface area contributed by atoms with Gasteiger partial charge >= 0.3 is 7.75 Å². The molecule has 7 heteroatoms. The molecule has 1 unspecified atom stereocenters. The Labute approximate surface area is 134 Å². The maximum absolute atomic E-state index is 11.0. The second-order valence-electron chi connectivity index (χ2n) is 5.49. The summed E-state index contributed by atoms with van der Waals surface area (Å²) in [5.74, 6) is -0.0261. The van der Waals surface area contributed by atoms with Crippen LogP contribution in [0.1, 0.15) is 24.8 Å². The van der Waals surface area contributed by atoms with Gasteiger partial charge in [0.1, 0.15) is 11.5 Å². The SMILES string of the molecule is O=P(O)(O)N=C1C=C(O)C=CC1CCCCc1ccc(O)cc1. The molecule has 2 rings (SSSR count). The lowest BCUT2D eigenvalue weighted by Gasteiger charge is -2.17. The van der Waals surface area contributed by atoms with Gasteiger partial charge in [0.15, 0.2) is 0 Å². The summed E-state index contributed by atoms with van der Waals surface area (Å²) in [6, 6.07) is 7.05. The van der Waals surface area contributed by atoms with Gasteiger partial charge in [-0.25, -0.2) is 4.57 Å². The van der Waals surface area contributed by atoms with Crippen LogP contribution in [0.4, 0.5) is 0 Å². The van der Waals surface area contributed by atoms with Crippen molar-refractivity contribution in [3.05, 3.63) is 53.8 Å². The van der Waals surface area contributed by atoms with Crippen molar-refractivity contribution >= 4 is 13.5 Å². The summed E-state index contributed by atoms with van der Waals surface area (Å²) < 4.78 is 14.5. The zero-order valence-electron chi connectivity index (χ0n) is 12.5. The second-order valence-corrected chi connectivity index (χ2v) is 6.71. The summed E-state index contributed by atoms with van der Waals surface area (Å²) >= 11 is 0. The fourth-order valence-electron chi connectivity index (χ4n) is 2.47. The van der Waals surface area contributed by atoms with Crippen molar-refractivity contribution < 1.29 is 24.6 Å². The Balaban J connectivity index is 1.88. The normalized spacial score (nSPS) is 19.8. The van der Waals surface area contributed by atoms with Gasteiger partial charge in [-0.05, 0) is 43.0 Å². The lowest BCUT2D eigenvalue weighted by Crippen LogP contribution is -2.14. The number of aromatic hydroxyl groups is 1. The maximum atomic E-state index is 11.0. The number of aliphatic hydroxyl groups is 1. The van der Waals surface area contributed by atoms with E-state index in [9.17, 15) is 14.8 Å². The average Bonchev–Trinajstić information content (AvgIpc) is 2.45. The highest BCUT2D eigenvalue weighted by Gasteiger charge is 2.20. The summed E-state index contributed by atoms with van der Waals surface area (Å²) in [7, 11) is -4.51. The third-order valence-corrected chi connectivity index (χ3v) is 4.08. The van der Waals surface area contributed by atoms with Crippen LogP contribution >= 0.6 is 7.75 Å². The zero-order valence-corrected chi connectivity index (χ0v) is 13.4. The van der Waals surface area contributed by atoms with Gasteiger partial charge in [-0.1, -0.05) is 24.6 Å². The van der Waals surface area contributed by atoms with Gasteiger partial charge < -0.3 is 20.0 Å². The van der Waals surface area contributed by atoms with Crippen LogP contribution in [0.25, 0.3) is 0 Å². The smallest absolute Gasteiger partial charge is 0.448 e. The molecule has 1 atom stereocenters. The topological polar surface area (TPSA) is 110 Å². The summed E-state index contributed by atoms with van der Waals surface area (Å²) in [6.45, 7) is 0. The number of allylic oxidation sites excluding steroid dienone is 3. The minimum Gasteiger partial charge on any atom is -0.508 e. The fraction of sp³-hybridized carbons (Fsp3) is 0.312. The molecule has 23 heavy (non-hydrogen) atoms. The van der Waals surface area contributed by atoms with Gasteiger partial charge in [-0.2, -0.15) is 4.76 Å². The molecule has 0 heterocycles. The Bertz CT molecular complexity index is 672. The summed E-state index contributed by atoms with van der Waals surface area (Å²) in [6.07, 6.45) is 7.84. The van der Waals surface area contributed by atoms with E-state index in [1.807, 2.05) is 12.1 Å². The predicted octanol–water partition coefficient (Wildman–Crippen LogP) is 3.27. The fourth-order valence-corrected chi connectivity index (χ4v) is 2.98. The number of rotatable bonds is 6. The highest BCUT2D eigenvalue weighted by atomic mass is 31.2. The molecule has 0 spiro atoms. The van der Waals surface area contributed by atoms with E-state index < -0.39 is 7.75 Å². The molecule has 0 aliphatic heterocycles. The summed E-state index contributed by atoms with van der Waals surface area (Å²) in [4.78, 5) is 18.0. The first-order valence-corrected chi connectivity index (χ1v) is 8.92. The number of aliphatic hydroxyl groups excluding tert-OH is 1. The molecule has 0 radical (unpaired) electrons. The average molecular weight is 337 g/mol. The first kappa shape index (κ1) is 17.5. The molecule has 0 amide bonds. The van der Waals surface area contributed by atoms with Gasteiger partial charge in [-0.3, -0.25) is 0 Å². The van der Waals surface area contributed by atoms with Crippen molar-refractivity contribution in [3.8, 4) is 5.75 Å². The van der Waals surface area contributed by atoms with Crippen molar-refractivity contribution in [2.45, 2.75) is 25.7 Å². The number of phenolic OH excluding ortho intramolecular Hbond substituents is 1. The molecular formula is C16H20NO5P. The number of benzene rings is 1. The van der Waals surface area contributed by atoms with Crippen LogP contribution in [0, 0.1) is 5.92 Å². The third kappa shape index (κ3) is 6.02. The lowest BCUT2D eigenvalue weighted by atomic mass is 9.92. The predicted molar refractivity (Wildman–Crippen MR) is 88.5 cm³/mol. The van der Waals surface area contributed by atoms with Gasteiger partial charge in [0.05, 0.1) is 5.71 Å². The Morgan fingerprint density at radius 3 is 2.43 bits per heavy atom. The van der Waals surface area contributed by atoms with E-state index >= 15 is 0 Å². The van der Waals surface area contributed by atoms with Gasteiger partial charge in [0.2, 0.25) is 0 Å². The number of aryl methyl sites for hydroxylation is 1. The molecule has 0 bridgehead atoms. The van der Waals surface area contributed by atoms with Crippen molar-refractivity contribution in [2.24, 2.45) is 10.7 Å². The molecule has 1 aromatic rings. The highest BCUT2D eigenvalue weighted by Crippen LogP contribution is 2.38. The number of hydrogen-bond acceptors (Lipinski definition) is 3. The maximum Gasteiger partial charge on any atom is 0.448 e. The minimum absolute atomic E-state index is 0.0578. The van der Waals surface area contributed by atoms with Crippen LogP contribution in [-0.4, -0.2) is 25.7 Å². The number of hydrogen-bond donors (Lipinski definition) is 4. The molecule has 1 aliphatic carbocycles. The van der Waals surface area contributed by atoms with E-state index in [1.165, 1.54) is 12.2 Å². The number of phenols is 1. The Morgan fingerprint density at radius 1 is 1.09 bits per heavy atom. The lowest BCUT2D eigenvalue weighted by molar-refractivity contribution is 0.375. The van der Waals surface area contributed by atoms with Crippen LogP contribution in [-0.2, 0) is 11.0 Å². The van der Waals surface area contributed by atoms with Crippen molar-refractivity contribution in [1.82, 2.24) is 0 Å². The van der Waals surface area contributed by atoms with Gasteiger partial charge in [-0.15, -0.1) is 0 Å². The molecule has 124 valence electrons. The first-order valence-electron chi connectivity index (χ1n) is 7.36. The first-order chi connectivity index (χ1) is 10.8. The van der Waals surface area contributed by atoms with Crippen LogP contribution in [0.2, 0.25) is 0 Å². The molecule has 0 aromatic heterocycles. The molecule has 0 saturated heterocycles. The summed E-state index contributed by atoms with van der Waals surface area (Å²) in [5.41, 5.74) is 1.34. The van der Waals surface area contributed by atoms with Crippen molar-refractivity contribution in [2.75, 3.05) is 0 Å². The van der Waals surface area contributed by atoms with E-state index in [2.05, 4.69) is 4.76 Å². The molecule has 6 nitrogen and oxygen atoms in total. The van der Waals surface area contributed by atoms with Crippen LogP contribution in [0.5, 0.6) is 5.75 Å². The quantitative estimate of drug-likeness (QED) is 0.470. The Hall–Kier alpha value is -1.88. The van der Waals surface area contributed by atoms with Gasteiger partial charge in [0.25, 0.3) is 0 Å². The van der Waals surface area contributed by atoms with E-state index in [4.69, 9.17) is 9.79 Å².